The van der Waals surface area contributed by atoms with Gasteiger partial charge in [-0.1, -0.05) is 127 Å². The molecule has 12 aromatic rings. The van der Waals surface area contributed by atoms with Crippen molar-refractivity contribution in [3.05, 3.63) is 206 Å². The van der Waals surface area contributed by atoms with Gasteiger partial charge in [-0.05, 0) is 106 Å². The number of benzene rings is 9. The van der Waals surface area contributed by atoms with Crippen LogP contribution in [0.25, 0.3) is 88.1 Å². The van der Waals surface area contributed by atoms with Gasteiger partial charge in [-0.3, -0.25) is 4.40 Å². The van der Waals surface area contributed by atoms with Crippen LogP contribution in [-0.2, 0) is 0 Å². The molecule has 12 rings (SSSR count). The van der Waals surface area contributed by atoms with E-state index < -0.39 is 0 Å². The van der Waals surface area contributed by atoms with Crippen LogP contribution in [-0.4, -0.2) is 14.0 Å². The molecule has 3 heterocycles. The lowest BCUT2D eigenvalue weighted by Crippen LogP contribution is -2.09. The lowest BCUT2D eigenvalue weighted by atomic mass is 10.0. The smallest absolute Gasteiger partial charge is 0.145 e. The fourth-order valence-corrected chi connectivity index (χ4v) is 9.06. The van der Waals surface area contributed by atoms with Gasteiger partial charge in [0, 0.05) is 44.5 Å². The van der Waals surface area contributed by atoms with Crippen molar-refractivity contribution in [3.8, 4) is 28.2 Å². The highest BCUT2D eigenvalue weighted by Crippen LogP contribution is 2.45. The molecule has 9 aromatic carbocycles. The number of para-hydroxylation sites is 2. The second-order valence-electron chi connectivity index (χ2n) is 14.8. The molecule has 0 N–H and O–H groups in total. The number of hydrogen-bond acceptors (Lipinski definition) is 2. The van der Waals surface area contributed by atoms with Crippen LogP contribution in [0, 0.1) is 0 Å². The molecule has 4 heteroatoms. The Morgan fingerprint density at radius 3 is 1.65 bits per heavy atom. The van der Waals surface area contributed by atoms with Gasteiger partial charge in [-0.15, -0.1) is 0 Å². The summed E-state index contributed by atoms with van der Waals surface area (Å²) >= 11 is 0. The zero-order valence-corrected chi connectivity index (χ0v) is 30.9. The standard InChI is InChI=1S/C53H34N4/c1-4-13-37(14-5-1)53-54-46-31-32-48-51-50-44(45-33-38-15-10-11-16-39(38)34-49(45)57(53)52(46)51)21-12-22-47(50)56(48)43-29-25-36(26-30-43)35-23-27-42(28-24-35)55(40-17-6-2-7-18-40)41-19-8-3-9-20-41/h1-34H. The molecular formula is C53H34N4. The van der Waals surface area contributed by atoms with Crippen molar-refractivity contribution >= 4 is 77.0 Å². The maximum atomic E-state index is 5.35. The summed E-state index contributed by atoms with van der Waals surface area (Å²) in [5.41, 5.74) is 13.6. The lowest BCUT2D eigenvalue weighted by molar-refractivity contribution is 1.18. The molecule has 3 aromatic heterocycles. The third-order valence-corrected chi connectivity index (χ3v) is 11.6. The summed E-state index contributed by atoms with van der Waals surface area (Å²) in [6, 6.07) is 74.2. The molecule has 0 saturated heterocycles. The van der Waals surface area contributed by atoms with Gasteiger partial charge in [0.25, 0.3) is 0 Å². The van der Waals surface area contributed by atoms with Crippen molar-refractivity contribution in [3.63, 3.8) is 0 Å². The van der Waals surface area contributed by atoms with Crippen molar-refractivity contribution in [1.29, 1.82) is 0 Å². The largest absolute Gasteiger partial charge is 0.311 e. The fourth-order valence-electron chi connectivity index (χ4n) is 9.06. The van der Waals surface area contributed by atoms with E-state index in [2.05, 4.69) is 220 Å². The molecule has 266 valence electrons. The third kappa shape index (κ3) is 4.84. The number of imidazole rings is 1. The Kier molecular flexibility index (Phi) is 6.89. The Labute approximate surface area is 329 Å². The second kappa shape index (κ2) is 12.4. The number of rotatable bonds is 6. The van der Waals surface area contributed by atoms with E-state index in [0.717, 1.165) is 50.7 Å². The van der Waals surface area contributed by atoms with E-state index >= 15 is 0 Å². The Morgan fingerprint density at radius 1 is 0.386 bits per heavy atom. The van der Waals surface area contributed by atoms with Gasteiger partial charge in [0.15, 0.2) is 0 Å². The lowest BCUT2D eigenvalue weighted by Gasteiger charge is -2.25. The van der Waals surface area contributed by atoms with Crippen molar-refractivity contribution in [2.24, 2.45) is 0 Å². The summed E-state index contributed by atoms with van der Waals surface area (Å²) in [4.78, 5) is 7.64. The van der Waals surface area contributed by atoms with Crippen LogP contribution >= 0.6 is 0 Å². The summed E-state index contributed by atoms with van der Waals surface area (Å²) in [5.74, 6) is 0.953. The number of aromatic nitrogens is 3. The average molecular weight is 727 g/mol. The molecule has 0 aliphatic heterocycles. The summed E-state index contributed by atoms with van der Waals surface area (Å²) < 4.78 is 4.85. The Morgan fingerprint density at radius 2 is 0.965 bits per heavy atom. The van der Waals surface area contributed by atoms with Gasteiger partial charge < -0.3 is 9.47 Å². The summed E-state index contributed by atoms with van der Waals surface area (Å²) in [6.45, 7) is 0. The highest BCUT2D eigenvalue weighted by Gasteiger charge is 2.24. The molecule has 0 atom stereocenters. The van der Waals surface area contributed by atoms with E-state index in [9.17, 15) is 0 Å². The molecule has 4 nitrogen and oxygen atoms in total. The first kappa shape index (κ1) is 31.6. The van der Waals surface area contributed by atoms with Crippen LogP contribution in [0.1, 0.15) is 0 Å². The van der Waals surface area contributed by atoms with Crippen molar-refractivity contribution < 1.29 is 0 Å². The first-order valence-corrected chi connectivity index (χ1v) is 19.5. The SMILES string of the molecule is c1ccc(-c2nc3ccc4c5c6c(cccc6n4-c4ccc(-c6ccc(N(c7ccccc7)c7ccccc7)cc6)cc4)c4cc6ccccc6cc4n2c35)cc1. The van der Waals surface area contributed by atoms with Crippen molar-refractivity contribution in [1.82, 2.24) is 14.0 Å². The normalized spacial score (nSPS) is 11.9. The number of nitrogens with zero attached hydrogens (tertiary/aromatic N) is 4. The molecule has 0 radical (unpaired) electrons. The van der Waals surface area contributed by atoms with Gasteiger partial charge in [0.1, 0.15) is 5.82 Å². The Hall–Kier alpha value is -7.69. The quantitative estimate of drug-likeness (QED) is 0.170. The highest BCUT2D eigenvalue weighted by atomic mass is 15.1. The zero-order chi connectivity index (χ0) is 37.5. The summed E-state index contributed by atoms with van der Waals surface area (Å²) in [5, 5.41) is 7.38. The van der Waals surface area contributed by atoms with Crippen LogP contribution in [0.15, 0.2) is 206 Å². The van der Waals surface area contributed by atoms with Crippen LogP contribution in [0.3, 0.4) is 0 Å². The number of hydrogen-bond donors (Lipinski definition) is 0. The van der Waals surface area contributed by atoms with E-state index in [0.29, 0.717) is 0 Å². The highest BCUT2D eigenvalue weighted by molar-refractivity contribution is 6.30. The molecule has 0 unspecified atom stereocenters. The minimum atomic E-state index is 0.953. The minimum Gasteiger partial charge on any atom is -0.311 e. The Balaban J connectivity index is 1.04. The van der Waals surface area contributed by atoms with Gasteiger partial charge in [-0.2, -0.15) is 0 Å². The molecule has 0 aliphatic rings. The third-order valence-electron chi connectivity index (χ3n) is 11.6. The molecule has 0 spiro atoms. The van der Waals surface area contributed by atoms with Crippen LogP contribution in [0.4, 0.5) is 17.1 Å². The van der Waals surface area contributed by atoms with E-state index in [1.165, 1.54) is 54.5 Å². The molecule has 0 saturated carbocycles. The molecular weight excluding hydrogens is 693 g/mol. The van der Waals surface area contributed by atoms with Crippen LogP contribution in [0.5, 0.6) is 0 Å². The van der Waals surface area contributed by atoms with E-state index in [1.54, 1.807) is 0 Å². The average Bonchev–Trinajstić information content (AvgIpc) is 3.80. The second-order valence-corrected chi connectivity index (χ2v) is 14.8. The number of anilines is 3. The topological polar surface area (TPSA) is 25.5 Å². The van der Waals surface area contributed by atoms with Crippen molar-refractivity contribution in [2.75, 3.05) is 4.90 Å². The van der Waals surface area contributed by atoms with Crippen LogP contribution in [0.2, 0.25) is 0 Å². The van der Waals surface area contributed by atoms with Gasteiger partial charge >= 0.3 is 0 Å². The monoisotopic (exact) mass is 726 g/mol. The predicted octanol–water partition coefficient (Wildman–Crippen LogP) is 14.1. The van der Waals surface area contributed by atoms with Gasteiger partial charge in [0.2, 0.25) is 0 Å². The summed E-state index contributed by atoms with van der Waals surface area (Å²) in [6.07, 6.45) is 0. The first-order valence-electron chi connectivity index (χ1n) is 19.5. The molecule has 0 amide bonds. The number of fused-ring (bicyclic) bond motifs is 4. The maximum absolute atomic E-state index is 5.35. The van der Waals surface area contributed by atoms with Gasteiger partial charge in [-0.25, -0.2) is 4.98 Å². The zero-order valence-electron chi connectivity index (χ0n) is 30.9. The molecule has 0 fully saturated rings. The Bertz CT molecular complexity index is 3380. The predicted molar refractivity (Wildman–Crippen MR) is 239 cm³/mol. The summed E-state index contributed by atoms with van der Waals surface area (Å²) in [7, 11) is 0. The maximum Gasteiger partial charge on any atom is 0.145 e. The van der Waals surface area contributed by atoms with E-state index in [1.807, 2.05) is 0 Å². The van der Waals surface area contributed by atoms with E-state index in [-0.39, 0.29) is 0 Å². The first-order chi connectivity index (χ1) is 28.3. The molecule has 0 aliphatic carbocycles. The van der Waals surface area contributed by atoms with Crippen LogP contribution < -0.4 is 4.90 Å². The van der Waals surface area contributed by atoms with Crippen molar-refractivity contribution in [2.45, 2.75) is 0 Å². The minimum absolute atomic E-state index is 0.953. The van der Waals surface area contributed by atoms with E-state index in [4.69, 9.17) is 4.98 Å². The molecule has 57 heavy (non-hydrogen) atoms. The van der Waals surface area contributed by atoms with Gasteiger partial charge in [0.05, 0.1) is 27.6 Å². The molecule has 0 bridgehead atoms. The fraction of sp³-hybridized carbons (Fsp3) is 0.